The molecule has 2 N–H and O–H groups in total. The molecule has 0 radical (unpaired) electrons. The van der Waals surface area contributed by atoms with E-state index in [1.54, 1.807) is 0 Å². The van der Waals surface area contributed by atoms with Crippen LogP contribution in [-0.4, -0.2) is 13.1 Å². The molecule has 0 saturated carbocycles. The zero-order valence-electron chi connectivity index (χ0n) is 30.6. The van der Waals surface area contributed by atoms with E-state index < -0.39 is 0 Å². The zero-order chi connectivity index (χ0) is 33.6. The summed E-state index contributed by atoms with van der Waals surface area (Å²) in [5.41, 5.74) is 5.15. The molecule has 4 unspecified atom stereocenters. The predicted octanol–water partition coefficient (Wildman–Crippen LogP) is 12.5. The summed E-state index contributed by atoms with van der Waals surface area (Å²) in [5, 5.41) is 7.38. The van der Waals surface area contributed by atoms with Crippen LogP contribution in [0.15, 0.2) is 36.7 Å². The summed E-state index contributed by atoms with van der Waals surface area (Å²) in [6.07, 6.45) is 28.0. The smallest absolute Gasteiger partial charge is 0.212 e. The van der Waals surface area contributed by atoms with Gasteiger partial charge in [-0.05, 0) is 69.4 Å². The molecule has 0 bridgehead atoms. The van der Waals surface area contributed by atoms with E-state index in [4.69, 9.17) is 0 Å². The van der Waals surface area contributed by atoms with Gasteiger partial charge >= 0.3 is 0 Å². The molecule has 0 aliphatic heterocycles. The molecular formula is C40H70Br2N4+2. The van der Waals surface area contributed by atoms with Crippen molar-refractivity contribution in [2.45, 2.75) is 167 Å². The Morgan fingerprint density at radius 1 is 0.543 bits per heavy atom. The molecular weight excluding hydrogens is 696 g/mol. The third-order valence-corrected chi connectivity index (χ3v) is 11.7. The standard InChI is InChI=1S/C40H68Br2N4/c1-7-11-21-35(9-3)31-43-37-25-27-45(33(5)29-37)39(41)23-19-17-15-13-14-16-18-20-24-40(42)46-28-26-38(30-34(46)6)44-32-36(10-4)22-12-8-2/h25-30,35-36,39-40H,7-24,31-32H2,1-6H3/p+2. The lowest BCUT2D eigenvalue weighted by Gasteiger charge is -2.16. The molecule has 4 atom stereocenters. The average molecular weight is 767 g/mol. The van der Waals surface area contributed by atoms with E-state index in [1.807, 2.05) is 0 Å². The van der Waals surface area contributed by atoms with Gasteiger partial charge in [0.25, 0.3) is 0 Å². The van der Waals surface area contributed by atoms with E-state index in [0.29, 0.717) is 9.90 Å². The number of halogens is 2. The Labute approximate surface area is 301 Å². The molecule has 262 valence electrons. The third-order valence-electron chi connectivity index (χ3n) is 9.89. The number of hydrogen-bond acceptors (Lipinski definition) is 2. The van der Waals surface area contributed by atoms with Crippen LogP contribution < -0.4 is 19.8 Å². The van der Waals surface area contributed by atoms with Gasteiger partial charge in [-0.2, -0.15) is 9.13 Å². The number of nitrogens with zero attached hydrogens (tertiary/aromatic N) is 2. The molecule has 0 fully saturated rings. The third kappa shape index (κ3) is 16.3. The van der Waals surface area contributed by atoms with Crippen molar-refractivity contribution < 1.29 is 9.13 Å². The highest BCUT2D eigenvalue weighted by Gasteiger charge is 2.19. The number of alkyl halides is 2. The van der Waals surface area contributed by atoms with E-state index in [2.05, 4.69) is 130 Å². The summed E-state index contributed by atoms with van der Waals surface area (Å²) in [6, 6.07) is 9.11. The number of pyridine rings is 2. The summed E-state index contributed by atoms with van der Waals surface area (Å²) in [4.78, 5) is 0.759. The minimum Gasteiger partial charge on any atom is -0.384 e. The highest BCUT2D eigenvalue weighted by atomic mass is 79.9. The quantitative estimate of drug-likeness (QED) is 0.0539. The van der Waals surface area contributed by atoms with Crippen molar-refractivity contribution in [1.82, 2.24) is 0 Å². The first kappa shape index (κ1) is 41.0. The monoisotopic (exact) mass is 764 g/mol. The fraction of sp³-hybridized carbons (Fsp3) is 0.750. The van der Waals surface area contributed by atoms with E-state index in [9.17, 15) is 0 Å². The predicted molar refractivity (Wildman–Crippen MR) is 208 cm³/mol. The minimum absolute atomic E-state index is 0.379. The minimum atomic E-state index is 0.379. The first-order valence-corrected chi connectivity index (χ1v) is 20.9. The van der Waals surface area contributed by atoms with Crippen LogP contribution in [0.4, 0.5) is 11.4 Å². The summed E-state index contributed by atoms with van der Waals surface area (Å²) in [7, 11) is 0. The molecule has 2 aromatic heterocycles. The number of rotatable bonds is 27. The van der Waals surface area contributed by atoms with Crippen molar-refractivity contribution in [3.05, 3.63) is 48.0 Å². The lowest BCUT2D eigenvalue weighted by atomic mass is 9.99. The van der Waals surface area contributed by atoms with Gasteiger partial charge in [0.05, 0.1) is 0 Å². The van der Waals surface area contributed by atoms with E-state index in [0.717, 1.165) is 24.9 Å². The highest BCUT2D eigenvalue weighted by molar-refractivity contribution is 9.09. The maximum absolute atomic E-state index is 3.97. The Bertz CT molecular complexity index is 978. The second-order valence-electron chi connectivity index (χ2n) is 13.8. The second kappa shape index (κ2) is 24.9. The number of unbranched alkanes of at least 4 members (excludes halogenated alkanes) is 9. The molecule has 6 heteroatoms. The fourth-order valence-corrected chi connectivity index (χ4v) is 8.04. The number of aryl methyl sites for hydroxylation is 2. The summed E-state index contributed by atoms with van der Waals surface area (Å²) in [5.74, 6) is 1.55. The fourth-order valence-electron chi connectivity index (χ4n) is 6.48. The van der Waals surface area contributed by atoms with E-state index in [-0.39, 0.29) is 0 Å². The van der Waals surface area contributed by atoms with Gasteiger partial charge in [0.2, 0.25) is 9.90 Å². The Morgan fingerprint density at radius 3 is 1.24 bits per heavy atom. The number of aromatic nitrogens is 2. The maximum Gasteiger partial charge on any atom is 0.212 e. The molecule has 2 rings (SSSR count). The van der Waals surface area contributed by atoms with Gasteiger partial charge in [0.1, 0.15) is 0 Å². The molecule has 46 heavy (non-hydrogen) atoms. The van der Waals surface area contributed by atoms with Crippen molar-refractivity contribution >= 4 is 43.2 Å². The highest BCUT2D eigenvalue weighted by Crippen LogP contribution is 2.23. The van der Waals surface area contributed by atoms with E-state index >= 15 is 0 Å². The SMILES string of the molecule is CCCCC(CC)CNc1cc[n+](C(Br)CCCCCCCCCCC(Br)[n+]2ccc(NCC(CC)CCCC)cc2C)c(C)c1. The van der Waals surface area contributed by atoms with Crippen molar-refractivity contribution in [3.8, 4) is 0 Å². The van der Waals surface area contributed by atoms with Crippen molar-refractivity contribution in [2.75, 3.05) is 23.7 Å². The molecule has 0 amide bonds. The largest absolute Gasteiger partial charge is 0.384 e. The Balaban J connectivity index is 1.56. The normalized spacial score (nSPS) is 14.2. The number of nitrogens with one attached hydrogen (secondary N) is 2. The molecule has 0 aliphatic carbocycles. The summed E-state index contributed by atoms with van der Waals surface area (Å²) in [6.45, 7) is 15.8. The van der Waals surface area contributed by atoms with Crippen molar-refractivity contribution in [2.24, 2.45) is 11.8 Å². The topological polar surface area (TPSA) is 31.8 Å². The zero-order valence-corrected chi connectivity index (χ0v) is 33.7. The van der Waals surface area contributed by atoms with Gasteiger partial charge in [0.15, 0.2) is 23.8 Å². The first-order chi connectivity index (χ1) is 22.3. The van der Waals surface area contributed by atoms with Crippen LogP contribution in [-0.2, 0) is 0 Å². The van der Waals surface area contributed by atoms with Crippen LogP contribution in [0.3, 0.4) is 0 Å². The van der Waals surface area contributed by atoms with Crippen LogP contribution in [0.25, 0.3) is 0 Å². The molecule has 0 aromatic carbocycles. The molecule has 0 aliphatic rings. The van der Waals surface area contributed by atoms with Crippen molar-refractivity contribution in [3.63, 3.8) is 0 Å². The van der Waals surface area contributed by atoms with Gasteiger partial charge in [-0.1, -0.05) is 105 Å². The average Bonchev–Trinajstić information content (AvgIpc) is 3.05. The number of anilines is 2. The first-order valence-electron chi connectivity index (χ1n) is 19.1. The van der Waals surface area contributed by atoms with Crippen LogP contribution in [0, 0.1) is 25.7 Å². The molecule has 0 spiro atoms. The van der Waals surface area contributed by atoms with Crippen molar-refractivity contribution in [1.29, 1.82) is 0 Å². The van der Waals surface area contributed by atoms with E-state index in [1.165, 1.54) is 138 Å². The van der Waals surface area contributed by atoms with Crippen LogP contribution >= 0.6 is 31.9 Å². The Hall–Kier alpha value is -1.14. The molecule has 0 saturated heterocycles. The van der Waals surface area contributed by atoms with Gasteiger partial charge < -0.3 is 10.6 Å². The van der Waals surface area contributed by atoms with Gasteiger partial charge in [-0.25, -0.2) is 0 Å². The van der Waals surface area contributed by atoms with Crippen LogP contribution in [0.5, 0.6) is 0 Å². The lowest BCUT2D eigenvalue weighted by molar-refractivity contribution is -0.704. The molecule has 2 heterocycles. The Morgan fingerprint density at radius 2 is 0.913 bits per heavy atom. The second-order valence-corrected chi connectivity index (χ2v) is 15.9. The summed E-state index contributed by atoms with van der Waals surface area (Å²) < 4.78 is 4.78. The maximum atomic E-state index is 3.97. The molecule has 2 aromatic rings. The van der Waals surface area contributed by atoms with Crippen LogP contribution in [0.1, 0.15) is 165 Å². The lowest BCUT2D eigenvalue weighted by Crippen LogP contribution is -2.39. The van der Waals surface area contributed by atoms with Gasteiger partial charge in [0, 0.05) is 75.4 Å². The van der Waals surface area contributed by atoms with Crippen LogP contribution in [0.2, 0.25) is 0 Å². The van der Waals surface area contributed by atoms with Gasteiger partial charge in [-0.15, -0.1) is 0 Å². The summed E-state index contributed by atoms with van der Waals surface area (Å²) >= 11 is 7.93. The Kier molecular flexibility index (Phi) is 22.2. The number of hydrogen-bond donors (Lipinski definition) is 2. The van der Waals surface area contributed by atoms with Gasteiger partial charge in [-0.3, -0.25) is 0 Å². The molecule has 4 nitrogen and oxygen atoms in total.